The van der Waals surface area contributed by atoms with Crippen molar-refractivity contribution in [1.29, 1.82) is 0 Å². The van der Waals surface area contributed by atoms with Crippen LogP contribution in [-0.4, -0.2) is 19.8 Å². The van der Waals surface area contributed by atoms with Crippen molar-refractivity contribution in [3.8, 4) is 0 Å². The predicted molar refractivity (Wildman–Crippen MR) is 80.2 cm³/mol. The van der Waals surface area contributed by atoms with Crippen LogP contribution in [0.15, 0.2) is 30.3 Å². The molecule has 1 aromatic carbocycles. The third-order valence-corrected chi connectivity index (χ3v) is 4.60. The van der Waals surface area contributed by atoms with E-state index in [0.717, 1.165) is 18.4 Å². The molecule has 106 valence electrons. The lowest BCUT2D eigenvalue weighted by Gasteiger charge is -2.33. The Morgan fingerprint density at radius 2 is 1.89 bits per heavy atom. The fourth-order valence-electron chi connectivity index (χ4n) is 2.91. The van der Waals surface area contributed by atoms with E-state index in [1.807, 2.05) is 7.05 Å². The molecule has 19 heavy (non-hydrogen) atoms. The van der Waals surface area contributed by atoms with Crippen molar-refractivity contribution < 1.29 is 4.74 Å². The van der Waals surface area contributed by atoms with Crippen molar-refractivity contribution >= 4 is 0 Å². The standard InChI is InChI=1S/C17H27NO/c1-13-9-10-16(11-14(13)2)19-12-17(18-3)15-7-5-4-6-8-15/h4-8,13-14,16-18H,9-12H2,1-3H3. The Balaban J connectivity index is 1.84. The molecule has 0 aromatic heterocycles. The fraction of sp³-hybridized carbons (Fsp3) is 0.647. The van der Waals surface area contributed by atoms with Crippen molar-refractivity contribution in [2.24, 2.45) is 11.8 Å². The monoisotopic (exact) mass is 261 g/mol. The van der Waals surface area contributed by atoms with Gasteiger partial charge in [0.25, 0.3) is 0 Å². The van der Waals surface area contributed by atoms with E-state index in [1.54, 1.807) is 0 Å². The van der Waals surface area contributed by atoms with E-state index in [0.29, 0.717) is 12.1 Å². The SMILES string of the molecule is CNC(COC1CCC(C)C(C)C1)c1ccccc1. The largest absolute Gasteiger partial charge is 0.376 e. The first-order valence-electron chi connectivity index (χ1n) is 7.54. The fourth-order valence-corrected chi connectivity index (χ4v) is 2.91. The Morgan fingerprint density at radius 3 is 2.53 bits per heavy atom. The topological polar surface area (TPSA) is 21.3 Å². The average molecular weight is 261 g/mol. The van der Waals surface area contributed by atoms with Gasteiger partial charge >= 0.3 is 0 Å². The highest BCUT2D eigenvalue weighted by Crippen LogP contribution is 2.31. The molecule has 1 aromatic rings. The Bertz CT molecular complexity index is 365. The van der Waals surface area contributed by atoms with E-state index in [9.17, 15) is 0 Å². The Kier molecular flexibility index (Phi) is 5.41. The summed E-state index contributed by atoms with van der Waals surface area (Å²) in [5.41, 5.74) is 1.31. The minimum absolute atomic E-state index is 0.302. The summed E-state index contributed by atoms with van der Waals surface area (Å²) in [6.07, 6.45) is 4.19. The highest BCUT2D eigenvalue weighted by atomic mass is 16.5. The van der Waals surface area contributed by atoms with Gasteiger partial charge < -0.3 is 10.1 Å². The molecule has 4 atom stereocenters. The van der Waals surface area contributed by atoms with Gasteiger partial charge in [0.15, 0.2) is 0 Å². The molecule has 0 amide bonds. The minimum Gasteiger partial charge on any atom is -0.376 e. The molecular weight excluding hydrogens is 234 g/mol. The predicted octanol–water partition coefficient (Wildman–Crippen LogP) is 3.79. The second-order valence-corrected chi connectivity index (χ2v) is 5.97. The average Bonchev–Trinajstić information content (AvgIpc) is 2.44. The van der Waals surface area contributed by atoms with Crippen LogP contribution in [0.25, 0.3) is 0 Å². The first kappa shape index (κ1) is 14.5. The van der Waals surface area contributed by atoms with Crippen molar-refractivity contribution in [3.05, 3.63) is 35.9 Å². The van der Waals surface area contributed by atoms with E-state index < -0.39 is 0 Å². The van der Waals surface area contributed by atoms with Crippen LogP contribution >= 0.6 is 0 Å². The second-order valence-electron chi connectivity index (χ2n) is 5.97. The molecule has 2 nitrogen and oxygen atoms in total. The zero-order valence-corrected chi connectivity index (χ0v) is 12.4. The quantitative estimate of drug-likeness (QED) is 0.870. The molecular formula is C17H27NO. The smallest absolute Gasteiger partial charge is 0.0665 e. The van der Waals surface area contributed by atoms with E-state index in [4.69, 9.17) is 4.74 Å². The summed E-state index contributed by atoms with van der Waals surface area (Å²) >= 11 is 0. The van der Waals surface area contributed by atoms with Crippen molar-refractivity contribution in [3.63, 3.8) is 0 Å². The highest BCUT2D eigenvalue weighted by Gasteiger charge is 2.25. The lowest BCUT2D eigenvalue weighted by Crippen LogP contribution is -2.30. The maximum atomic E-state index is 6.15. The van der Waals surface area contributed by atoms with Crippen LogP contribution in [0.4, 0.5) is 0 Å². The van der Waals surface area contributed by atoms with E-state index in [-0.39, 0.29) is 0 Å². The second kappa shape index (κ2) is 7.06. The molecule has 1 N–H and O–H groups in total. The Hall–Kier alpha value is -0.860. The third kappa shape index (κ3) is 4.05. The van der Waals surface area contributed by atoms with Gasteiger partial charge in [-0.1, -0.05) is 44.2 Å². The molecule has 2 heteroatoms. The first-order chi connectivity index (χ1) is 9.20. The molecule has 4 unspecified atom stereocenters. The number of benzene rings is 1. The molecule has 0 radical (unpaired) electrons. The number of ether oxygens (including phenoxy) is 1. The molecule has 0 bridgehead atoms. The maximum absolute atomic E-state index is 6.15. The van der Waals surface area contributed by atoms with E-state index >= 15 is 0 Å². The molecule has 0 saturated heterocycles. The van der Waals surface area contributed by atoms with Gasteiger partial charge in [0, 0.05) is 0 Å². The van der Waals surface area contributed by atoms with Gasteiger partial charge in [0.05, 0.1) is 18.8 Å². The van der Waals surface area contributed by atoms with Gasteiger partial charge in [-0.25, -0.2) is 0 Å². The van der Waals surface area contributed by atoms with Crippen LogP contribution in [-0.2, 0) is 4.74 Å². The summed E-state index contributed by atoms with van der Waals surface area (Å²) in [4.78, 5) is 0. The van der Waals surface area contributed by atoms with Crippen LogP contribution < -0.4 is 5.32 Å². The van der Waals surface area contributed by atoms with Crippen LogP contribution in [0.5, 0.6) is 0 Å². The third-order valence-electron chi connectivity index (χ3n) is 4.60. The number of hydrogen-bond donors (Lipinski definition) is 1. The van der Waals surface area contributed by atoms with Gasteiger partial charge in [-0.05, 0) is 43.7 Å². The van der Waals surface area contributed by atoms with Gasteiger partial charge in [-0.2, -0.15) is 0 Å². The van der Waals surface area contributed by atoms with E-state index in [1.165, 1.54) is 24.8 Å². The van der Waals surface area contributed by atoms with Crippen LogP contribution in [0.2, 0.25) is 0 Å². The summed E-state index contributed by atoms with van der Waals surface area (Å²) in [5, 5.41) is 3.35. The summed E-state index contributed by atoms with van der Waals surface area (Å²) in [7, 11) is 2.01. The molecule has 1 aliphatic rings. The Morgan fingerprint density at radius 1 is 1.16 bits per heavy atom. The summed E-state index contributed by atoms with van der Waals surface area (Å²) in [6.45, 7) is 5.49. The first-order valence-corrected chi connectivity index (χ1v) is 7.54. The molecule has 2 rings (SSSR count). The molecule has 1 fully saturated rings. The van der Waals surface area contributed by atoms with Gasteiger partial charge in [0.2, 0.25) is 0 Å². The minimum atomic E-state index is 0.302. The lowest BCUT2D eigenvalue weighted by atomic mass is 9.80. The number of rotatable bonds is 5. The molecule has 0 heterocycles. The lowest BCUT2D eigenvalue weighted by molar-refractivity contribution is -0.00683. The van der Waals surface area contributed by atoms with Crippen LogP contribution in [0, 0.1) is 11.8 Å². The van der Waals surface area contributed by atoms with E-state index in [2.05, 4.69) is 49.5 Å². The van der Waals surface area contributed by atoms with Crippen LogP contribution in [0.1, 0.15) is 44.7 Å². The number of likely N-dealkylation sites (N-methyl/N-ethyl adjacent to an activating group) is 1. The number of hydrogen-bond acceptors (Lipinski definition) is 2. The summed E-state index contributed by atoms with van der Waals surface area (Å²) in [6, 6.07) is 10.9. The van der Waals surface area contributed by atoms with Crippen molar-refractivity contribution in [2.45, 2.75) is 45.3 Å². The normalized spacial score (nSPS) is 29.1. The van der Waals surface area contributed by atoms with Gasteiger partial charge in [-0.3, -0.25) is 0 Å². The summed E-state index contributed by atoms with van der Waals surface area (Å²) in [5.74, 6) is 1.65. The van der Waals surface area contributed by atoms with Crippen molar-refractivity contribution in [1.82, 2.24) is 5.32 Å². The Labute approximate surface area is 117 Å². The van der Waals surface area contributed by atoms with Crippen LogP contribution in [0.3, 0.4) is 0 Å². The van der Waals surface area contributed by atoms with Gasteiger partial charge in [-0.15, -0.1) is 0 Å². The van der Waals surface area contributed by atoms with Gasteiger partial charge in [0.1, 0.15) is 0 Å². The van der Waals surface area contributed by atoms with Crippen molar-refractivity contribution in [2.75, 3.05) is 13.7 Å². The molecule has 1 saturated carbocycles. The molecule has 0 aliphatic heterocycles. The maximum Gasteiger partial charge on any atom is 0.0665 e. The highest BCUT2D eigenvalue weighted by molar-refractivity contribution is 5.18. The number of nitrogens with one attached hydrogen (secondary N) is 1. The molecule has 1 aliphatic carbocycles. The molecule has 0 spiro atoms. The zero-order valence-electron chi connectivity index (χ0n) is 12.4. The zero-order chi connectivity index (χ0) is 13.7. The summed E-state index contributed by atoms with van der Waals surface area (Å²) < 4.78 is 6.15.